The molecular weight excluding hydrogens is 326 g/mol. The van der Waals surface area contributed by atoms with Crippen LogP contribution in [0.1, 0.15) is 58.4 Å². The van der Waals surface area contributed by atoms with Gasteiger partial charge in [-0.2, -0.15) is 4.72 Å². The Hall–Kier alpha value is -1.40. The minimum atomic E-state index is -3.84. The molecule has 0 aliphatic carbocycles. The lowest BCUT2D eigenvalue weighted by Crippen LogP contribution is -2.44. The van der Waals surface area contributed by atoms with E-state index < -0.39 is 22.0 Å². The Morgan fingerprint density at radius 2 is 1.75 bits per heavy atom. The molecule has 0 bridgehead atoms. The van der Waals surface area contributed by atoms with E-state index in [9.17, 15) is 18.3 Å². The summed E-state index contributed by atoms with van der Waals surface area (Å²) in [6.07, 6.45) is 6.17. The van der Waals surface area contributed by atoms with E-state index >= 15 is 0 Å². The molecule has 1 aromatic rings. The maximum Gasteiger partial charge on any atom is 0.322 e. The summed E-state index contributed by atoms with van der Waals surface area (Å²) in [6.45, 7) is 5.72. The fourth-order valence-electron chi connectivity index (χ4n) is 2.47. The van der Waals surface area contributed by atoms with Crippen LogP contribution < -0.4 is 4.72 Å². The van der Waals surface area contributed by atoms with Crippen LogP contribution in [0.5, 0.6) is 0 Å². The standard InChI is InChI=1S/C18H29NO4S/c1-4-6-7-8-9-15-10-12-16(13-11-15)24(22,23)19-17(18(20)21)14(3)5-2/h10-14,17,19H,4-9H2,1-3H3,(H,20,21). The third-order valence-corrected chi connectivity index (χ3v) is 5.77. The Balaban J connectivity index is 2.78. The van der Waals surface area contributed by atoms with Crippen LogP contribution in [-0.4, -0.2) is 25.5 Å². The van der Waals surface area contributed by atoms with Crippen molar-refractivity contribution in [3.63, 3.8) is 0 Å². The highest BCUT2D eigenvalue weighted by Gasteiger charge is 2.29. The average Bonchev–Trinajstić information content (AvgIpc) is 2.56. The van der Waals surface area contributed by atoms with Gasteiger partial charge in [-0.05, 0) is 36.5 Å². The second-order valence-electron chi connectivity index (χ2n) is 6.28. The highest BCUT2D eigenvalue weighted by atomic mass is 32.2. The maximum absolute atomic E-state index is 12.4. The Morgan fingerprint density at radius 1 is 1.12 bits per heavy atom. The van der Waals surface area contributed by atoms with Crippen LogP contribution in [0.15, 0.2) is 29.2 Å². The summed E-state index contributed by atoms with van der Waals surface area (Å²) in [6, 6.07) is 5.59. The number of unbranched alkanes of at least 4 members (excludes halogenated alkanes) is 3. The molecule has 0 saturated heterocycles. The van der Waals surface area contributed by atoms with Crippen LogP contribution in [-0.2, 0) is 21.2 Å². The normalized spacial score (nSPS) is 14.3. The van der Waals surface area contributed by atoms with Gasteiger partial charge >= 0.3 is 5.97 Å². The van der Waals surface area contributed by atoms with Gasteiger partial charge in [0.1, 0.15) is 6.04 Å². The number of nitrogens with one attached hydrogen (secondary N) is 1. The minimum absolute atomic E-state index is 0.106. The molecule has 2 atom stereocenters. The first kappa shape index (κ1) is 20.6. The SMILES string of the molecule is CCCCCCc1ccc(S(=O)(=O)NC(C(=O)O)C(C)CC)cc1. The lowest BCUT2D eigenvalue weighted by atomic mass is 10.0. The number of hydrogen-bond acceptors (Lipinski definition) is 3. The molecule has 0 radical (unpaired) electrons. The largest absolute Gasteiger partial charge is 0.480 e. The summed E-state index contributed by atoms with van der Waals surface area (Å²) in [5, 5.41) is 9.24. The van der Waals surface area contributed by atoms with Gasteiger partial charge in [0.15, 0.2) is 0 Å². The number of aliphatic carboxylic acids is 1. The van der Waals surface area contributed by atoms with Crippen molar-refractivity contribution in [2.24, 2.45) is 5.92 Å². The van der Waals surface area contributed by atoms with Crippen molar-refractivity contribution in [2.75, 3.05) is 0 Å². The molecule has 6 heteroatoms. The third-order valence-electron chi connectivity index (χ3n) is 4.31. The Morgan fingerprint density at radius 3 is 2.25 bits per heavy atom. The van der Waals surface area contributed by atoms with Crippen molar-refractivity contribution in [2.45, 2.75) is 70.2 Å². The van der Waals surface area contributed by atoms with Gasteiger partial charge in [-0.3, -0.25) is 4.79 Å². The number of hydrogen-bond donors (Lipinski definition) is 2. The zero-order valence-electron chi connectivity index (χ0n) is 14.8. The second kappa shape index (κ2) is 9.79. The lowest BCUT2D eigenvalue weighted by Gasteiger charge is -2.20. The number of carboxylic acid groups (broad SMARTS) is 1. The van der Waals surface area contributed by atoms with Gasteiger partial charge in [0, 0.05) is 0 Å². The van der Waals surface area contributed by atoms with Crippen LogP contribution >= 0.6 is 0 Å². The van der Waals surface area contributed by atoms with Crippen LogP contribution in [0, 0.1) is 5.92 Å². The van der Waals surface area contributed by atoms with Gasteiger partial charge in [-0.25, -0.2) is 8.42 Å². The molecule has 0 amide bonds. The zero-order valence-corrected chi connectivity index (χ0v) is 15.6. The fourth-order valence-corrected chi connectivity index (χ4v) is 3.77. The third kappa shape index (κ3) is 6.24. The topological polar surface area (TPSA) is 83.5 Å². The monoisotopic (exact) mass is 355 g/mol. The van der Waals surface area contributed by atoms with Crippen LogP contribution in [0.4, 0.5) is 0 Å². The summed E-state index contributed by atoms with van der Waals surface area (Å²) >= 11 is 0. The number of rotatable bonds is 11. The molecule has 0 aliphatic rings. The molecule has 0 spiro atoms. The zero-order chi connectivity index (χ0) is 18.2. The van der Waals surface area contributed by atoms with E-state index in [1.165, 1.54) is 19.3 Å². The van der Waals surface area contributed by atoms with Crippen LogP contribution in [0.2, 0.25) is 0 Å². The van der Waals surface area contributed by atoms with Crippen LogP contribution in [0.3, 0.4) is 0 Å². The van der Waals surface area contributed by atoms with Gasteiger partial charge in [-0.1, -0.05) is 58.6 Å². The van der Waals surface area contributed by atoms with E-state index in [1.807, 2.05) is 6.92 Å². The predicted octanol–water partition coefficient (Wildman–Crippen LogP) is 3.59. The van der Waals surface area contributed by atoms with E-state index in [1.54, 1.807) is 31.2 Å². The van der Waals surface area contributed by atoms with Crippen LogP contribution in [0.25, 0.3) is 0 Å². The van der Waals surface area contributed by atoms with E-state index in [0.29, 0.717) is 6.42 Å². The average molecular weight is 356 g/mol. The van der Waals surface area contributed by atoms with E-state index in [2.05, 4.69) is 11.6 Å². The highest BCUT2D eigenvalue weighted by Crippen LogP contribution is 2.16. The summed E-state index contributed by atoms with van der Waals surface area (Å²) in [5.41, 5.74) is 1.10. The molecule has 0 saturated carbocycles. The Bertz CT molecular complexity index is 610. The summed E-state index contributed by atoms with van der Waals surface area (Å²) in [4.78, 5) is 11.4. The fraction of sp³-hybridized carbons (Fsp3) is 0.611. The molecule has 5 nitrogen and oxygen atoms in total. The summed E-state index contributed by atoms with van der Waals surface area (Å²) < 4.78 is 27.1. The molecule has 1 rings (SSSR count). The van der Waals surface area contributed by atoms with Crippen molar-refractivity contribution < 1.29 is 18.3 Å². The molecule has 136 valence electrons. The van der Waals surface area contributed by atoms with Gasteiger partial charge in [0.05, 0.1) is 4.90 Å². The van der Waals surface area contributed by atoms with Crippen molar-refractivity contribution in [3.8, 4) is 0 Å². The minimum Gasteiger partial charge on any atom is -0.480 e. The van der Waals surface area contributed by atoms with E-state index in [0.717, 1.165) is 18.4 Å². The summed E-state index contributed by atoms with van der Waals surface area (Å²) in [7, 11) is -3.84. The first-order valence-corrected chi connectivity index (χ1v) is 10.1. The lowest BCUT2D eigenvalue weighted by molar-refractivity contribution is -0.140. The molecule has 2 N–H and O–H groups in total. The number of benzene rings is 1. The number of carboxylic acids is 1. The first-order chi connectivity index (χ1) is 11.3. The van der Waals surface area contributed by atoms with Crippen molar-refractivity contribution in [1.82, 2.24) is 4.72 Å². The van der Waals surface area contributed by atoms with Crippen molar-refractivity contribution in [3.05, 3.63) is 29.8 Å². The molecular formula is C18H29NO4S. The quantitative estimate of drug-likeness (QED) is 0.594. The number of sulfonamides is 1. The molecule has 0 aromatic heterocycles. The number of carbonyl (C=O) groups is 1. The van der Waals surface area contributed by atoms with E-state index in [-0.39, 0.29) is 10.8 Å². The smallest absolute Gasteiger partial charge is 0.322 e. The molecule has 2 unspecified atom stereocenters. The van der Waals surface area contributed by atoms with Gasteiger partial charge in [-0.15, -0.1) is 0 Å². The highest BCUT2D eigenvalue weighted by molar-refractivity contribution is 7.89. The molecule has 1 aromatic carbocycles. The van der Waals surface area contributed by atoms with Gasteiger partial charge < -0.3 is 5.11 Å². The van der Waals surface area contributed by atoms with Crippen molar-refractivity contribution in [1.29, 1.82) is 0 Å². The van der Waals surface area contributed by atoms with E-state index in [4.69, 9.17) is 0 Å². The van der Waals surface area contributed by atoms with Gasteiger partial charge in [0.2, 0.25) is 10.0 Å². The van der Waals surface area contributed by atoms with Gasteiger partial charge in [0.25, 0.3) is 0 Å². The maximum atomic E-state index is 12.4. The predicted molar refractivity (Wildman–Crippen MR) is 95.5 cm³/mol. The Labute approximate surface area is 145 Å². The Kier molecular flexibility index (Phi) is 8.42. The molecule has 0 heterocycles. The molecule has 0 fully saturated rings. The number of aryl methyl sites for hydroxylation is 1. The molecule has 24 heavy (non-hydrogen) atoms. The molecule has 0 aliphatic heterocycles. The van der Waals surface area contributed by atoms with Crippen molar-refractivity contribution >= 4 is 16.0 Å². The summed E-state index contributed by atoms with van der Waals surface area (Å²) in [5.74, 6) is -1.43. The second-order valence-corrected chi connectivity index (χ2v) is 7.99. The first-order valence-electron chi connectivity index (χ1n) is 8.65.